The third kappa shape index (κ3) is 4.44. The Morgan fingerprint density at radius 3 is 2.76 bits per heavy atom. The molecule has 1 N–H and O–H groups in total. The number of anilines is 2. The van der Waals surface area contributed by atoms with Crippen LogP contribution in [0.25, 0.3) is 0 Å². The van der Waals surface area contributed by atoms with Crippen molar-refractivity contribution in [2.24, 2.45) is 0 Å². The highest BCUT2D eigenvalue weighted by molar-refractivity contribution is 5.96. The Morgan fingerprint density at radius 1 is 1.12 bits per heavy atom. The molecule has 0 spiro atoms. The van der Waals surface area contributed by atoms with Crippen LogP contribution in [0.4, 0.5) is 15.8 Å². The van der Waals surface area contributed by atoms with E-state index in [0.29, 0.717) is 30.6 Å². The Kier molecular flexibility index (Phi) is 5.43. The van der Waals surface area contributed by atoms with Crippen molar-refractivity contribution in [1.29, 1.82) is 0 Å². The van der Waals surface area contributed by atoms with Gasteiger partial charge < -0.3 is 10.2 Å². The molecule has 2 amide bonds. The minimum absolute atomic E-state index is 0.120. The third-order valence-electron chi connectivity index (χ3n) is 4.34. The first-order chi connectivity index (χ1) is 12.1. The van der Waals surface area contributed by atoms with Gasteiger partial charge in [-0.15, -0.1) is 0 Å². The van der Waals surface area contributed by atoms with Crippen LogP contribution in [0.15, 0.2) is 48.5 Å². The fourth-order valence-electron chi connectivity index (χ4n) is 3.00. The molecule has 0 aromatic heterocycles. The number of hydrogen-bond donors (Lipinski definition) is 1. The molecule has 2 aromatic rings. The predicted molar refractivity (Wildman–Crippen MR) is 96.0 cm³/mol. The van der Waals surface area contributed by atoms with Crippen LogP contribution in [0, 0.1) is 5.82 Å². The highest BCUT2D eigenvalue weighted by Gasteiger charge is 2.19. The number of aryl methyl sites for hydroxylation is 1. The van der Waals surface area contributed by atoms with Crippen molar-refractivity contribution in [3.05, 3.63) is 59.9 Å². The molecule has 0 aliphatic carbocycles. The number of carbonyl (C=O) groups excluding carboxylic acids is 2. The van der Waals surface area contributed by atoms with Gasteiger partial charge in [-0.05, 0) is 49.1 Å². The molecule has 1 fully saturated rings. The number of benzene rings is 2. The molecule has 3 rings (SSSR count). The number of halogens is 1. The summed E-state index contributed by atoms with van der Waals surface area (Å²) in [6.07, 6.45) is 3.04. The number of amides is 2. The molecule has 4 nitrogen and oxygen atoms in total. The van der Waals surface area contributed by atoms with Gasteiger partial charge in [0.15, 0.2) is 0 Å². The zero-order chi connectivity index (χ0) is 17.6. The monoisotopic (exact) mass is 340 g/mol. The molecule has 1 aliphatic rings. The number of rotatable bonds is 5. The van der Waals surface area contributed by atoms with Gasteiger partial charge in [0.25, 0.3) is 0 Å². The highest BCUT2D eigenvalue weighted by atomic mass is 19.1. The molecule has 130 valence electrons. The van der Waals surface area contributed by atoms with Crippen molar-refractivity contribution in [3.63, 3.8) is 0 Å². The molecule has 5 heteroatoms. The lowest BCUT2D eigenvalue weighted by Crippen LogP contribution is -2.35. The Morgan fingerprint density at radius 2 is 1.96 bits per heavy atom. The van der Waals surface area contributed by atoms with E-state index in [1.165, 1.54) is 6.07 Å². The number of nitrogens with one attached hydrogen (secondary N) is 1. The van der Waals surface area contributed by atoms with Crippen molar-refractivity contribution in [3.8, 4) is 0 Å². The minimum Gasteiger partial charge on any atom is -0.326 e. The summed E-state index contributed by atoms with van der Waals surface area (Å²) in [5.41, 5.74) is 1.98. The molecule has 0 radical (unpaired) electrons. The first kappa shape index (κ1) is 17.1. The van der Waals surface area contributed by atoms with Crippen LogP contribution in [0.5, 0.6) is 0 Å². The van der Waals surface area contributed by atoms with Gasteiger partial charge in [-0.2, -0.15) is 0 Å². The molecule has 1 saturated heterocycles. The van der Waals surface area contributed by atoms with E-state index in [2.05, 4.69) is 5.32 Å². The Balaban J connectivity index is 1.61. The van der Waals surface area contributed by atoms with Gasteiger partial charge in [-0.25, -0.2) is 4.39 Å². The molecular weight excluding hydrogens is 319 g/mol. The van der Waals surface area contributed by atoms with Crippen LogP contribution in [-0.2, 0) is 16.0 Å². The van der Waals surface area contributed by atoms with E-state index in [9.17, 15) is 14.0 Å². The summed E-state index contributed by atoms with van der Waals surface area (Å²) in [6, 6.07) is 13.8. The van der Waals surface area contributed by atoms with Crippen LogP contribution in [0.2, 0.25) is 0 Å². The zero-order valence-electron chi connectivity index (χ0n) is 14.0. The van der Waals surface area contributed by atoms with Crippen LogP contribution in [0.1, 0.15) is 31.2 Å². The molecule has 0 unspecified atom stereocenters. The van der Waals surface area contributed by atoms with E-state index in [1.807, 2.05) is 18.2 Å². The van der Waals surface area contributed by atoms with Gasteiger partial charge in [0, 0.05) is 30.8 Å². The lowest BCUT2D eigenvalue weighted by atomic mass is 10.1. The predicted octanol–water partition coefficient (Wildman–Crippen LogP) is 3.91. The SMILES string of the molecule is O=C(CCc1ccccc1F)Nc1cccc(N2CCCCC2=O)c1. The van der Waals surface area contributed by atoms with Gasteiger partial charge in [-0.3, -0.25) is 9.59 Å². The molecule has 2 aromatic carbocycles. The normalized spacial score (nSPS) is 14.4. The van der Waals surface area contributed by atoms with Crippen LogP contribution < -0.4 is 10.2 Å². The average molecular weight is 340 g/mol. The smallest absolute Gasteiger partial charge is 0.226 e. The van der Waals surface area contributed by atoms with Crippen LogP contribution >= 0.6 is 0 Å². The molecule has 1 aliphatic heterocycles. The van der Waals surface area contributed by atoms with E-state index in [0.717, 1.165) is 18.5 Å². The second-order valence-corrected chi connectivity index (χ2v) is 6.19. The second-order valence-electron chi connectivity index (χ2n) is 6.19. The maximum absolute atomic E-state index is 13.6. The highest BCUT2D eigenvalue weighted by Crippen LogP contribution is 2.24. The number of hydrogen-bond acceptors (Lipinski definition) is 2. The average Bonchev–Trinajstić information content (AvgIpc) is 2.62. The minimum atomic E-state index is -0.291. The summed E-state index contributed by atoms with van der Waals surface area (Å²) < 4.78 is 13.6. The number of piperidine rings is 1. The summed E-state index contributed by atoms with van der Waals surface area (Å²) in [7, 11) is 0. The summed E-state index contributed by atoms with van der Waals surface area (Å²) in [4.78, 5) is 25.9. The van der Waals surface area contributed by atoms with Crippen LogP contribution in [-0.4, -0.2) is 18.4 Å². The first-order valence-corrected chi connectivity index (χ1v) is 8.57. The fraction of sp³-hybridized carbons (Fsp3) is 0.300. The molecular formula is C20H21FN2O2. The van der Waals surface area contributed by atoms with Gasteiger partial charge in [0.05, 0.1) is 0 Å². The van der Waals surface area contributed by atoms with E-state index >= 15 is 0 Å². The second kappa shape index (κ2) is 7.92. The fourth-order valence-corrected chi connectivity index (χ4v) is 3.00. The zero-order valence-corrected chi connectivity index (χ0v) is 14.0. The van der Waals surface area contributed by atoms with Crippen molar-refractivity contribution < 1.29 is 14.0 Å². The van der Waals surface area contributed by atoms with Crippen molar-refractivity contribution in [2.75, 3.05) is 16.8 Å². The van der Waals surface area contributed by atoms with Crippen LogP contribution in [0.3, 0.4) is 0 Å². The lowest BCUT2D eigenvalue weighted by Gasteiger charge is -2.27. The summed E-state index contributed by atoms with van der Waals surface area (Å²) >= 11 is 0. The number of nitrogens with zero attached hydrogens (tertiary/aromatic N) is 1. The molecule has 0 bridgehead atoms. The van der Waals surface area contributed by atoms with Gasteiger partial charge in [0.1, 0.15) is 5.82 Å². The molecule has 0 saturated carbocycles. The van der Waals surface area contributed by atoms with E-state index < -0.39 is 0 Å². The summed E-state index contributed by atoms with van der Waals surface area (Å²) in [6.45, 7) is 0.712. The van der Waals surface area contributed by atoms with E-state index in [-0.39, 0.29) is 24.1 Å². The first-order valence-electron chi connectivity index (χ1n) is 8.57. The Labute approximate surface area is 146 Å². The standard InChI is InChI=1S/C20H21FN2O2/c21-18-9-2-1-6-15(18)11-12-19(24)22-16-7-5-8-17(14-16)23-13-4-3-10-20(23)25/h1-2,5-9,14H,3-4,10-13H2,(H,22,24). The van der Waals surface area contributed by atoms with Gasteiger partial charge >= 0.3 is 0 Å². The maximum Gasteiger partial charge on any atom is 0.226 e. The maximum atomic E-state index is 13.6. The molecule has 0 atom stereocenters. The Bertz CT molecular complexity index is 776. The van der Waals surface area contributed by atoms with Gasteiger partial charge in [0.2, 0.25) is 11.8 Å². The topological polar surface area (TPSA) is 49.4 Å². The summed E-state index contributed by atoms with van der Waals surface area (Å²) in [5.74, 6) is -0.347. The van der Waals surface area contributed by atoms with Crippen molar-refractivity contribution in [2.45, 2.75) is 32.1 Å². The third-order valence-corrected chi connectivity index (χ3v) is 4.34. The van der Waals surface area contributed by atoms with E-state index in [1.54, 1.807) is 29.2 Å². The van der Waals surface area contributed by atoms with Crippen molar-refractivity contribution >= 4 is 23.2 Å². The molecule has 1 heterocycles. The van der Waals surface area contributed by atoms with Gasteiger partial charge in [-0.1, -0.05) is 24.3 Å². The number of carbonyl (C=O) groups is 2. The quantitative estimate of drug-likeness (QED) is 0.897. The largest absolute Gasteiger partial charge is 0.326 e. The Hall–Kier alpha value is -2.69. The lowest BCUT2D eigenvalue weighted by molar-refractivity contribution is -0.119. The van der Waals surface area contributed by atoms with E-state index in [4.69, 9.17) is 0 Å². The molecule has 25 heavy (non-hydrogen) atoms. The summed E-state index contributed by atoms with van der Waals surface area (Å²) in [5, 5.41) is 2.83. The van der Waals surface area contributed by atoms with Crippen molar-refractivity contribution in [1.82, 2.24) is 0 Å².